The summed E-state index contributed by atoms with van der Waals surface area (Å²) in [6.45, 7) is 5.12. The number of likely N-dealkylation sites (N-methyl/N-ethyl adjacent to an activating group) is 1. The molecular formula is C27H27N3O7. The van der Waals surface area contributed by atoms with E-state index in [0.29, 0.717) is 34.1 Å². The van der Waals surface area contributed by atoms with Gasteiger partial charge in [-0.05, 0) is 26.0 Å². The number of ether oxygens (including phenoxy) is 2. The molecule has 0 spiro atoms. The number of anilines is 1. The second-order valence-electron chi connectivity index (χ2n) is 8.53. The van der Waals surface area contributed by atoms with Crippen LogP contribution < -0.4 is 15.6 Å². The number of nitrogens with one attached hydrogen (secondary N) is 1. The predicted molar refractivity (Wildman–Crippen MR) is 138 cm³/mol. The number of fused-ring (bicyclic) bond motifs is 4. The first kappa shape index (κ1) is 25.6. The van der Waals surface area contributed by atoms with Crippen molar-refractivity contribution in [2.75, 3.05) is 31.7 Å². The molecule has 0 aromatic heterocycles. The molecule has 10 nitrogen and oxygen atoms in total. The van der Waals surface area contributed by atoms with Crippen LogP contribution in [0.4, 0.5) is 5.69 Å². The summed E-state index contributed by atoms with van der Waals surface area (Å²) in [5.41, 5.74) is 1.38. The van der Waals surface area contributed by atoms with Gasteiger partial charge in [-0.3, -0.25) is 9.59 Å². The molecule has 10 heteroatoms. The van der Waals surface area contributed by atoms with E-state index in [2.05, 4.69) is 5.32 Å². The van der Waals surface area contributed by atoms with Gasteiger partial charge >= 0.3 is 11.9 Å². The fraction of sp³-hybridized carbons (Fsp3) is 0.296. The first-order valence-electron chi connectivity index (χ1n) is 11.8. The molecule has 1 atom stereocenters. The van der Waals surface area contributed by atoms with Crippen molar-refractivity contribution in [3.8, 4) is 11.5 Å². The van der Waals surface area contributed by atoms with Crippen LogP contribution in [0.5, 0.6) is 0 Å². The molecule has 1 N–H and O–H groups in total. The third kappa shape index (κ3) is 5.23. The number of esters is 2. The van der Waals surface area contributed by atoms with Crippen molar-refractivity contribution in [2.45, 2.75) is 26.8 Å². The van der Waals surface area contributed by atoms with Crippen LogP contribution in [0.15, 0.2) is 51.7 Å². The minimum Gasteiger partial charge on any atom is -0.462 e. The van der Waals surface area contributed by atoms with Crippen LogP contribution in [0.3, 0.4) is 0 Å². The highest BCUT2D eigenvalue weighted by Crippen LogP contribution is 2.34. The van der Waals surface area contributed by atoms with Crippen LogP contribution in [-0.4, -0.2) is 55.7 Å². The van der Waals surface area contributed by atoms with Gasteiger partial charge in [-0.1, -0.05) is 24.3 Å². The van der Waals surface area contributed by atoms with Crippen molar-refractivity contribution >= 4 is 45.4 Å². The predicted octanol–water partition coefficient (Wildman–Crippen LogP) is 3.13. The molecule has 2 aromatic carbocycles. The molecule has 4 rings (SSSR count). The molecule has 0 unspecified atom stereocenters. The number of hydrogen-bond donors (Lipinski definition) is 1. The summed E-state index contributed by atoms with van der Waals surface area (Å²) in [6, 6.07) is 11.5. The van der Waals surface area contributed by atoms with E-state index in [4.69, 9.17) is 18.9 Å². The van der Waals surface area contributed by atoms with Gasteiger partial charge in [0.2, 0.25) is 11.3 Å². The van der Waals surface area contributed by atoms with Crippen molar-refractivity contribution in [3.63, 3.8) is 0 Å². The zero-order valence-corrected chi connectivity index (χ0v) is 21.0. The summed E-state index contributed by atoms with van der Waals surface area (Å²) in [6.07, 6.45) is 0. The molecule has 2 aliphatic rings. The van der Waals surface area contributed by atoms with Gasteiger partial charge in [-0.15, -0.1) is 0 Å². The Kier molecular flexibility index (Phi) is 7.37. The lowest BCUT2D eigenvalue weighted by atomic mass is 9.99. The highest BCUT2D eigenvalue weighted by Gasteiger charge is 2.27. The lowest BCUT2D eigenvalue weighted by molar-refractivity contribution is -0.146. The maximum Gasteiger partial charge on any atom is 0.346 e. The Bertz CT molecular complexity index is 1530. The Hall–Kier alpha value is -4.47. The molecule has 1 heterocycles. The van der Waals surface area contributed by atoms with Gasteiger partial charge in [0.25, 0.3) is 0 Å². The maximum absolute atomic E-state index is 13.2. The number of nitrogens with zero attached hydrogens (tertiary/aromatic N) is 2. The molecule has 1 amide bonds. The number of aromatic nitrogens is 1. The quantitative estimate of drug-likeness (QED) is 0.218. The summed E-state index contributed by atoms with van der Waals surface area (Å²) in [4.78, 5) is 55.6. The highest BCUT2D eigenvalue weighted by molar-refractivity contribution is 6.06. The molecule has 0 saturated heterocycles. The number of carbonyl (C=O) groups is 3. The minimum absolute atomic E-state index is 0.0651. The van der Waals surface area contributed by atoms with Crippen molar-refractivity contribution in [1.82, 2.24) is 10.3 Å². The average molecular weight is 506 g/mol. The van der Waals surface area contributed by atoms with Gasteiger partial charge in [0.1, 0.15) is 23.9 Å². The first-order chi connectivity index (χ1) is 17.7. The Balaban J connectivity index is 1.67. The third-order valence-corrected chi connectivity index (χ3v) is 5.85. The van der Waals surface area contributed by atoms with E-state index in [1.165, 1.54) is 6.92 Å². The largest absolute Gasteiger partial charge is 0.462 e. The van der Waals surface area contributed by atoms with Gasteiger partial charge in [0.05, 0.1) is 13.2 Å². The van der Waals surface area contributed by atoms with E-state index in [1.807, 2.05) is 18.0 Å². The normalized spacial score (nSPS) is 11.9. The summed E-state index contributed by atoms with van der Waals surface area (Å²) in [7, 11) is 1.81. The number of hydrogen-bond acceptors (Lipinski definition) is 9. The molecule has 37 heavy (non-hydrogen) atoms. The highest BCUT2D eigenvalue weighted by atomic mass is 16.5. The van der Waals surface area contributed by atoms with Crippen LogP contribution in [0.25, 0.3) is 33.3 Å². The SMILES string of the molecule is CCOC(=O)c1c2oc3cc(N(C)CCOC(=O)[C@@H](C)NC(C)=O)ccc3nc-2c2ccccc2c1=O. The smallest absolute Gasteiger partial charge is 0.346 e. The molecule has 0 saturated carbocycles. The molecular weight excluding hydrogens is 478 g/mol. The van der Waals surface area contributed by atoms with Gasteiger partial charge in [-0.2, -0.15) is 0 Å². The molecule has 0 fully saturated rings. The number of carbonyl (C=O) groups excluding carboxylic acids is 3. The minimum atomic E-state index is -0.767. The maximum atomic E-state index is 13.2. The second kappa shape index (κ2) is 10.7. The van der Waals surface area contributed by atoms with Crippen molar-refractivity contribution in [3.05, 3.63) is 58.3 Å². The molecule has 0 radical (unpaired) electrons. The summed E-state index contributed by atoms with van der Waals surface area (Å²) >= 11 is 0. The van der Waals surface area contributed by atoms with E-state index in [-0.39, 0.29) is 30.4 Å². The van der Waals surface area contributed by atoms with Gasteiger partial charge < -0.3 is 24.1 Å². The molecule has 2 aromatic rings. The fourth-order valence-electron chi connectivity index (χ4n) is 4.01. The monoisotopic (exact) mass is 505 g/mol. The number of benzene rings is 3. The van der Waals surface area contributed by atoms with Crippen LogP contribution in [0.1, 0.15) is 31.1 Å². The zero-order valence-electron chi connectivity index (χ0n) is 21.0. The summed E-state index contributed by atoms with van der Waals surface area (Å²) in [5.74, 6) is -1.54. The van der Waals surface area contributed by atoms with Crippen LogP contribution in [0, 0.1) is 0 Å². The van der Waals surface area contributed by atoms with E-state index in [1.54, 1.807) is 50.2 Å². The van der Waals surface area contributed by atoms with Gasteiger partial charge in [-0.25, -0.2) is 14.6 Å². The van der Waals surface area contributed by atoms with E-state index in [9.17, 15) is 19.2 Å². The lowest BCUT2D eigenvalue weighted by Gasteiger charge is -2.20. The Morgan fingerprint density at radius 3 is 2.54 bits per heavy atom. The number of rotatable bonds is 8. The number of amides is 1. The Morgan fingerprint density at radius 1 is 1.11 bits per heavy atom. The molecule has 1 aliphatic carbocycles. The standard InChI is InChI=1S/C27H27N3O7/c1-5-35-27(34)22-24(32)19-9-7-6-8-18(19)23-25(22)37-21-14-17(10-11-20(21)29-23)30(4)12-13-36-26(33)15(2)28-16(3)31/h6-11,14-15H,5,12-13H2,1-4H3,(H,28,31)/t15-/m1/s1. The summed E-state index contributed by atoms with van der Waals surface area (Å²) in [5, 5.41) is 3.42. The van der Waals surface area contributed by atoms with E-state index < -0.39 is 23.4 Å². The van der Waals surface area contributed by atoms with Crippen molar-refractivity contribution in [2.24, 2.45) is 0 Å². The average Bonchev–Trinajstić information content (AvgIpc) is 2.87. The van der Waals surface area contributed by atoms with Crippen molar-refractivity contribution in [1.29, 1.82) is 0 Å². The lowest BCUT2D eigenvalue weighted by Crippen LogP contribution is -2.39. The molecule has 192 valence electrons. The third-order valence-electron chi connectivity index (χ3n) is 5.85. The summed E-state index contributed by atoms with van der Waals surface area (Å²) < 4.78 is 16.5. The van der Waals surface area contributed by atoms with Crippen molar-refractivity contribution < 1.29 is 28.3 Å². The molecule has 0 bridgehead atoms. The Morgan fingerprint density at radius 2 is 1.84 bits per heavy atom. The fourth-order valence-corrected chi connectivity index (χ4v) is 4.01. The zero-order chi connectivity index (χ0) is 26.7. The van der Waals surface area contributed by atoms with Crippen LogP contribution in [-0.2, 0) is 19.1 Å². The Labute approximate surface area is 212 Å². The van der Waals surface area contributed by atoms with Crippen LogP contribution >= 0.6 is 0 Å². The first-order valence-corrected chi connectivity index (χ1v) is 11.8. The molecule has 1 aliphatic heterocycles. The second-order valence-corrected chi connectivity index (χ2v) is 8.53. The van der Waals surface area contributed by atoms with Crippen LogP contribution in [0.2, 0.25) is 0 Å². The van der Waals surface area contributed by atoms with E-state index in [0.717, 1.165) is 5.69 Å². The van der Waals surface area contributed by atoms with E-state index >= 15 is 0 Å². The van der Waals surface area contributed by atoms with Gasteiger partial charge in [0.15, 0.2) is 16.9 Å². The topological polar surface area (TPSA) is 128 Å². The van der Waals surface area contributed by atoms with Gasteiger partial charge in [0, 0.05) is 36.5 Å².